The highest BCUT2D eigenvalue weighted by atomic mass is 14.8. The third-order valence-electron chi connectivity index (χ3n) is 2.29. The van der Waals surface area contributed by atoms with Crippen LogP contribution in [-0.2, 0) is 0 Å². The first-order valence-electron chi connectivity index (χ1n) is 5.66. The molecule has 2 heteroatoms. The topological polar surface area (TPSA) is 24.1 Å². The summed E-state index contributed by atoms with van der Waals surface area (Å²) in [7, 11) is 2.02. The van der Waals surface area contributed by atoms with Gasteiger partial charge >= 0.3 is 0 Å². The fourth-order valence-corrected chi connectivity index (χ4v) is 1.42. The number of hydrogen-bond donors (Lipinski definition) is 2. The van der Waals surface area contributed by atoms with Crippen molar-refractivity contribution in [2.75, 3.05) is 26.7 Å². The van der Waals surface area contributed by atoms with Gasteiger partial charge in [0.05, 0.1) is 0 Å². The first-order chi connectivity index (χ1) is 6.31. The summed E-state index contributed by atoms with van der Waals surface area (Å²) in [4.78, 5) is 0. The van der Waals surface area contributed by atoms with Crippen molar-refractivity contribution in [2.45, 2.75) is 39.5 Å². The molecule has 80 valence electrons. The molecule has 0 aromatic rings. The molecule has 0 fully saturated rings. The summed E-state index contributed by atoms with van der Waals surface area (Å²) in [5.41, 5.74) is 0. The van der Waals surface area contributed by atoms with Crippen molar-refractivity contribution in [3.8, 4) is 0 Å². The van der Waals surface area contributed by atoms with Gasteiger partial charge in [-0.3, -0.25) is 0 Å². The summed E-state index contributed by atoms with van der Waals surface area (Å²) < 4.78 is 0. The van der Waals surface area contributed by atoms with Gasteiger partial charge in [0.2, 0.25) is 0 Å². The van der Waals surface area contributed by atoms with Crippen LogP contribution in [0.1, 0.15) is 39.5 Å². The van der Waals surface area contributed by atoms with Gasteiger partial charge in [-0.1, -0.05) is 20.3 Å². The Labute approximate surface area is 83.5 Å². The quantitative estimate of drug-likeness (QED) is 0.538. The van der Waals surface area contributed by atoms with E-state index in [1.807, 2.05) is 7.05 Å². The standard InChI is InChI=1S/C11H26N2/c1-4-8-13-10-11(2)7-5-6-9-12-3/h11-13H,4-10H2,1-3H3. The maximum absolute atomic E-state index is 3.46. The van der Waals surface area contributed by atoms with E-state index in [-0.39, 0.29) is 0 Å². The molecule has 0 aromatic carbocycles. The zero-order valence-corrected chi connectivity index (χ0v) is 9.53. The van der Waals surface area contributed by atoms with E-state index in [1.165, 1.54) is 38.8 Å². The zero-order chi connectivity index (χ0) is 9.94. The minimum atomic E-state index is 0.836. The van der Waals surface area contributed by atoms with Crippen molar-refractivity contribution < 1.29 is 0 Å². The first-order valence-corrected chi connectivity index (χ1v) is 5.66. The molecule has 0 bridgehead atoms. The van der Waals surface area contributed by atoms with Gasteiger partial charge in [0.15, 0.2) is 0 Å². The van der Waals surface area contributed by atoms with Crippen molar-refractivity contribution in [3.63, 3.8) is 0 Å². The molecule has 0 spiro atoms. The van der Waals surface area contributed by atoms with Gasteiger partial charge in [-0.2, -0.15) is 0 Å². The molecule has 0 saturated heterocycles. The normalized spacial score (nSPS) is 13.2. The molecular formula is C11H26N2. The lowest BCUT2D eigenvalue weighted by molar-refractivity contribution is 0.457. The smallest absolute Gasteiger partial charge is 0.00232 e. The van der Waals surface area contributed by atoms with Crippen LogP contribution < -0.4 is 10.6 Å². The molecule has 0 heterocycles. The molecule has 13 heavy (non-hydrogen) atoms. The van der Waals surface area contributed by atoms with Crippen molar-refractivity contribution in [1.82, 2.24) is 10.6 Å². The molecular weight excluding hydrogens is 160 g/mol. The highest BCUT2D eigenvalue weighted by Crippen LogP contribution is 2.05. The second kappa shape index (κ2) is 10.0. The van der Waals surface area contributed by atoms with Gasteiger partial charge in [-0.25, -0.2) is 0 Å². The lowest BCUT2D eigenvalue weighted by Crippen LogP contribution is -2.22. The molecule has 0 aliphatic carbocycles. The van der Waals surface area contributed by atoms with Crippen molar-refractivity contribution in [2.24, 2.45) is 5.92 Å². The SMILES string of the molecule is CCCNCC(C)CCCCNC. The Balaban J connectivity index is 3.05. The van der Waals surface area contributed by atoms with Crippen LogP contribution in [0.15, 0.2) is 0 Å². The minimum Gasteiger partial charge on any atom is -0.320 e. The van der Waals surface area contributed by atoms with E-state index >= 15 is 0 Å². The van der Waals surface area contributed by atoms with E-state index in [1.54, 1.807) is 0 Å². The van der Waals surface area contributed by atoms with E-state index in [9.17, 15) is 0 Å². The average Bonchev–Trinajstić information content (AvgIpc) is 2.13. The van der Waals surface area contributed by atoms with E-state index < -0.39 is 0 Å². The molecule has 0 aromatic heterocycles. The predicted molar refractivity (Wildman–Crippen MR) is 60.1 cm³/mol. The summed E-state index contributed by atoms with van der Waals surface area (Å²) in [5, 5.41) is 6.64. The van der Waals surface area contributed by atoms with Crippen LogP contribution >= 0.6 is 0 Å². The lowest BCUT2D eigenvalue weighted by Gasteiger charge is -2.11. The van der Waals surface area contributed by atoms with Crippen molar-refractivity contribution >= 4 is 0 Å². The van der Waals surface area contributed by atoms with Crippen LogP contribution in [0.3, 0.4) is 0 Å². The van der Waals surface area contributed by atoms with Crippen LogP contribution in [0.2, 0.25) is 0 Å². The number of unbranched alkanes of at least 4 members (excludes halogenated alkanes) is 1. The van der Waals surface area contributed by atoms with Crippen LogP contribution in [-0.4, -0.2) is 26.7 Å². The Morgan fingerprint density at radius 2 is 1.92 bits per heavy atom. The summed E-state index contributed by atoms with van der Waals surface area (Å²) in [6, 6.07) is 0. The molecule has 0 saturated carbocycles. The molecule has 2 nitrogen and oxygen atoms in total. The minimum absolute atomic E-state index is 0.836. The highest BCUT2D eigenvalue weighted by molar-refractivity contribution is 4.57. The average molecular weight is 186 g/mol. The van der Waals surface area contributed by atoms with Gasteiger partial charge in [0, 0.05) is 0 Å². The largest absolute Gasteiger partial charge is 0.320 e. The molecule has 0 rings (SSSR count). The van der Waals surface area contributed by atoms with E-state index in [2.05, 4.69) is 24.5 Å². The van der Waals surface area contributed by atoms with Gasteiger partial charge in [0.25, 0.3) is 0 Å². The fourth-order valence-electron chi connectivity index (χ4n) is 1.42. The first kappa shape index (κ1) is 12.9. The Hall–Kier alpha value is -0.0800. The van der Waals surface area contributed by atoms with E-state index in [0.29, 0.717) is 0 Å². The Morgan fingerprint density at radius 3 is 2.54 bits per heavy atom. The molecule has 0 radical (unpaired) electrons. The van der Waals surface area contributed by atoms with Crippen molar-refractivity contribution in [1.29, 1.82) is 0 Å². The fraction of sp³-hybridized carbons (Fsp3) is 1.00. The third-order valence-corrected chi connectivity index (χ3v) is 2.29. The maximum atomic E-state index is 3.46. The number of hydrogen-bond acceptors (Lipinski definition) is 2. The van der Waals surface area contributed by atoms with E-state index in [0.717, 1.165) is 12.5 Å². The molecule has 1 atom stereocenters. The zero-order valence-electron chi connectivity index (χ0n) is 9.53. The third kappa shape index (κ3) is 9.84. The molecule has 0 amide bonds. The second-order valence-electron chi connectivity index (χ2n) is 3.91. The summed E-state index contributed by atoms with van der Waals surface area (Å²) in [6.07, 6.45) is 5.27. The molecule has 2 N–H and O–H groups in total. The van der Waals surface area contributed by atoms with Crippen molar-refractivity contribution in [3.05, 3.63) is 0 Å². The highest BCUT2D eigenvalue weighted by Gasteiger charge is 1.99. The Bertz CT molecular complexity index is 94.1. The molecule has 0 aliphatic rings. The predicted octanol–water partition coefficient (Wildman–Crippen LogP) is 2.01. The second-order valence-corrected chi connectivity index (χ2v) is 3.91. The Kier molecular flexibility index (Phi) is 9.94. The van der Waals surface area contributed by atoms with Gasteiger partial charge in [-0.05, 0) is 51.9 Å². The van der Waals surface area contributed by atoms with Crippen LogP contribution in [0.25, 0.3) is 0 Å². The maximum Gasteiger partial charge on any atom is -0.00232 e. The van der Waals surface area contributed by atoms with E-state index in [4.69, 9.17) is 0 Å². The van der Waals surface area contributed by atoms with Crippen LogP contribution in [0.4, 0.5) is 0 Å². The van der Waals surface area contributed by atoms with Gasteiger partial charge < -0.3 is 10.6 Å². The summed E-state index contributed by atoms with van der Waals surface area (Å²) in [5.74, 6) is 0.836. The summed E-state index contributed by atoms with van der Waals surface area (Å²) >= 11 is 0. The van der Waals surface area contributed by atoms with Crippen LogP contribution in [0.5, 0.6) is 0 Å². The van der Waals surface area contributed by atoms with Gasteiger partial charge in [0.1, 0.15) is 0 Å². The molecule has 1 unspecified atom stereocenters. The Morgan fingerprint density at radius 1 is 1.15 bits per heavy atom. The van der Waals surface area contributed by atoms with Crippen LogP contribution in [0, 0.1) is 5.92 Å². The monoisotopic (exact) mass is 186 g/mol. The number of rotatable bonds is 9. The molecule has 0 aliphatic heterocycles. The number of nitrogens with one attached hydrogen (secondary N) is 2. The van der Waals surface area contributed by atoms with Gasteiger partial charge in [-0.15, -0.1) is 0 Å². The lowest BCUT2D eigenvalue weighted by atomic mass is 10.0. The summed E-state index contributed by atoms with van der Waals surface area (Å²) in [6.45, 7) is 8.07.